The number of aliphatic hydroxyl groups excluding tert-OH is 1. The van der Waals surface area contributed by atoms with Crippen LogP contribution in [0.3, 0.4) is 0 Å². The van der Waals surface area contributed by atoms with Crippen molar-refractivity contribution in [3.8, 4) is 0 Å². The zero-order valence-corrected chi connectivity index (χ0v) is 10.9. The molecule has 2 N–H and O–H groups in total. The number of halogens is 1. The second kappa shape index (κ2) is 5.29. The summed E-state index contributed by atoms with van der Waals surface area (Å²) in [6.07, 6.45) is 4.82. The van der Waals surface area contributed by atoms with Gasteiger partial charge in [0.1, 0.15) is 0 Å². The van der Waals surface area contributed by atoms with Crippen molar-refractivity contribution in [1.82, 2.24) is 15.5 Å². The first-order chi connectivity index (χ1) is 8.15. The van der Waals surface area contributed by atoms with Gasteiger partial charge in [-0.3, -0.25) is 4.79 Å². The van der Waals surface area contributed by atoms with Crippen molar-refractivity contribution in [3.63, 3.8) is 0 Å². The topological polar surface area (TPSA) is 75.1 Å². The van der Waals surface area contributed by atoms with Crippen LogP contribution in [0.4, 0.5) is 0 Å². The van der Waals surface area contributed by atoms with Gasteiger partial charge in [0.2, 0.25) is 9.47 Å². The molecule has 0 bridgehead atoms. The Hall–Kier alpha value is -0.720. The first-order valence-corrected chi connectivity index (χ1v) is 6.77. The largest absolute Gasteiger partial charge is 0.394 e. The molecule has 1 aromatic heterocycles. The predicted octanol–water partition coefficient (Wildman–Crippen LogP) is 1.62. The lowest BCUT2D eigenvalue weighted by Gasteiger charge is -2.36. The van der Waals surface area contributed by atoms with Crippen LogP contribution in [-0.4, -0.2) is 33.4 Å². The Morgan fingerprint density at radius 3 is 2.65 bits per heavy atom. The number of nitrogens with one attached hydrogen (secondary N) is 1. The van der Waals surface area contributed by atoms with Crippen molar-refractivity contribution in [2.24, 2.45) is 0 Å². The molecule has 0 aromatic carbocycles. The van der Waals surface area contributed by atoms with Crippen molar-refractivity contribution in [2.45, 2.75) is 37.6 Å². The molecule has 0 atom stereocenters. The molecule has 1 aliphatic rings. The summed E-state index contributed by atoms with van der Waals surface area (Å²) >= 11 is 6.67. The third-order valence-corrected chi connectivity index (χ3v) is 4.10. The molecule has 1 fully saturated rings. The molecular weight excluding hydrogens is 262 g/mol. The maximum absolute atomic E-state index is 11.9. The van der Waals surface area contributed by atoms with E-state index in [0.29, 0.717) is 0 Å². The fourth-order valence-corrected chi connectivity index (χ4v) is 2.87. The lowest BCUT2D eigenvalue weighted by molar-refractivity contribution is 0.0757. The van der Waals surface area contributed by atoms with Gasteiger partial charge >= 0.3 is 0 Å². The first-order valence-electron chi connectivity index (χ1n) is 5.58. The third-order valence-electron chi connectivity index (χ3n) is 3.09. The molecule has 0 saturated heterocycles. The van der Waals surface area contributed by atoms with Gasteiger partial charge in [-0.1, -0.05) is 30.6 Å². The Balaban J connectivity index is 2.05. The Morgan fingerprint density at radius 2 is 2.12 bits per heavy atom. The molecule has 1 heterocycles. The Labute approximate surface area is 108 Å². The average molecular weight is 276 g/mol. The zero-order valence-electron chi connectivity index (χ0n) is 9.28. The molecule has 17 heavy (non-hydrogen) atoms. The molecule has 1 aliphatic carbocycles. The van der Waals surface area contributed by atoms with E-state index in [9.17, 15) is 9.90 Å². The van der Waals surface area contributed by atoms with Gasteiger partial charge in [-0.05, 0) is 24.4 Å². The number of rotatable bonds is 3. The second-order valence-corrected chi connectivity index (χ2v) is 5.87. The lowest BCUT2D eigenvalue weighted by Crippen LogP contribution is -2.52. The van der Waals surface area contributed by atoms with Crippen molar-refractivity contribution < 1.29 is 9.90 Å². The van der Waals surface area contributed by atoms with Crippen LogP contribution in [0.15, 0.2) is 0 Å². The molecule has 0 aliphatic heterocycles. The van der Waals surface area contributed by atoms with Gasteiger partial charge in [-0.2, -0.15) is 0 Å². The summed E-state index contributed by atoms with van der Waals surface area (Å²) < 4.78 is 0.247. The molecule has 0 unspecified atom stereocenters. The van der Waals surface area contributed by atoms with E-state index in [2.05, 4.69) is 15.5 Å². The number of hydrogen-bond donors (Lipinski definition) is 2. The van der Waals surface area contributed by atoms with Crippen molar-refractivity contribution in [2.75, 3.05) is 6.61 Å². The SMILES string of the molecule is O=C(NC1(CO)CCCCC1)c1nnc(Cl)s1. The summed E-state index contributed by atoms with van der Waals surface area (Å²) in [6.45, 7) is -0.0364. The highest BCUT2D eigenvalue weighted by Crippen LogP contribution is 2.28. The highest BCUT2D eigenvalue weighted by molar-refractivity contribution is 7.17. The molecule has 0 spiro atoms. The van der Waals surface area contributed by atoms with E-state index < -0.39 is 5.54 Å². The highest BCUT2D eigenvalue weighted by atomic mass is 35.5. The van der Waals surface area contributed by atoms with E-state index in [-0.39, 0.29) is 22.0 Å². The number of hydrogen-bond acceptors (Lipinski definition) is 5. The van der Waals surface area contributed by atoms with Gasteiger partial charge < -0.3 is 10.4 Å². The molecule has 1 aromatic rings. The van der Waals surface area contributed by atoms with Crippen LogP contribution in [0.2, 0.25) is 4.47 Å². The molecular formula is C10H14ClN3O2S. The summed E-state index contributed by atoms with van der Waals surface area (Å²) in [5, 5.41) is 19.9. The minimum Gasteiger partial charge on any atom is -0.394 e. The van der Waals surface area contributed by atoms with E-state index in [1.54, 1.807) is 0 Å². The summed E-state index contributed by atoms with van der Waals surface area (Å²) in [6, 6.07) is 0. The quantitative estimate of drug-likeness (QED) is 0.879. The monoisotopic (exact) mass is 275 g/mol. The number of aromatic nitrogens is 2. The summed E-state index contributed by atoms with van der Waals surface area (Å²) in [5.74, 6) is -0.301. The van der Waals surface area contributed by atoms with E-state index in [0.717, 1.165) is 43.4 Å². The molecule has 0 radical (unpaired) electrons. The van der Waals surface area contributed by atoms with E-state index >= 15 is 0 Å². The van der Waals surface area contributed by atoms with Crippen LogP contribution < -0.4 is 5.32 Å². The van der Waals surface area contributed by atoms with Crippen LogP contribution >= 0.6 is 22.9 Å². The maximum Gasteiger partial charge on any atom is 0.282 e. The maximum atomic E-state index is 11.9. The molecule has 2 rings (SSSR count). The minimum atomic E-state index is -0.493. The fourth-order valence-electron chi connectivity index (χ4n) is 2.14. The van der Waals surface area contributed by atoms with Crippen LogP contribution in [-0.2, 0) is 0 Å². The third kappa shape index (κ3) is 2.94. The normalized spacial score (nSPS) is 18.9. The number of carbonyl (C=O) groups excluding carboxylic acids is 1. The van der Waals surface area contributed by atoms with Gasteiger partial charge in [-0.15, -0.1) is 10.2 Å². The standard InChI is InChI=1S/C10H14ClN3O2S/c11-9-14-13-8(17-9)7(16)12-10(6-15)4-2-1-3-5-10/h15H,1-6H2,(H,12,16). The Bertz CT molecular complexity index is 404. The number of amides is 1. The summed E-state index contributed by atoms with van der Waals surface area (Å²) in [5.41, 5.74) is -0.493. The van der Waals surface area contributed by atoms with Gasteiger partial charge in [0, 0.05) is 0 Å². The molecule has 7 heteroatoms. The molecule has 1 amide bonds. The van der Waals surface area contributed by atoms with Gasteiger partial charge in [0.25, 0.3) is 5.91 Å². The van der Waals surface area contributed by atoms with Crippen LogP contribution in [0.1, 0.15) is 41.9 Å². The first kappa shape index (κ1) is 12.7. The van der Waals surface area contributed by atoms with Crippen molar-refractivity contribution in [1.29, 1.82) is 0 Å². The van der Waals surface area contributed by atoms with Crippen molar-refractivity contribution in [3.05, 3.63) is 9.47 Å². The lowest BCUT2D eigenvalue weighted by atomic mass is 9.82. The smallest absolute Gasteiger partial charge is 0.282 e. The second-order valence-electron chi connectivity index (χ2n) is 4.31. The highest BCUT2D eigenvalue weighted by Gasteiger charge is 2.33. The summed E-state index contributed by atoms with van der Waals surface area (Å²) in [7, 11) is 0. The Kier molecular flexibility index (Phi) is 3.96. The number of carbonyl (C=O) groups is 1. The predicted molar refractivity (Wildman–Crippen MR) is 65.3 cm³/mol. The van der Waals surface area contributed by atoms with E-state index in [4.69, 9.17) is 11.6 Å². The van der Waals surface area contributed by atoms with Crippen LogP contribution in [0.5, 0.6) is 0 Å². The van der Waals surface area contributed by atoms with E-state index in [1.807, 2.05) is 0 Å². The van der Waals surface area contributed by atoms with Gasteiger partial charge in [0.05, 0.1) is 12.1 Å². The van der Waals surface area contributed by atoms with Crippen LogP contribution in [0, 0.1) is 0 Å². The minimum absolute atomic E-state index is 0.0364. The average Bonchev–Trinajstić information content (AvgIpc) is 2.77. The number of nitrogens with zero attached hydrogens (tertiary/aromatic N) is 2. The van der Waals surface area contributed by atoms with E-state index in [1.165, 1.54) is 0 Å². The zero-order chi connectivity index (χ0) is 12.3. The summed E-state index contributed by atoms with van der Waals surface area (Å²) in [4.78, 5) is 11.9. The van der Waals surface area contributed by atoms with Gasteiger partial charge in [0.15, 0.2) is 0 Å². The molecule has 94 valence electrons. The van der Waals surface area contributed by atoms with Gasteiger partial charge in [-0.25, -0.2) is 0 Å². The molecule has 1 saturated carbocycles. The fraction of sp³-hybridized carbons (Fsp3) is 0.700. The van der Waals surface area contributed by atoms with Crippen LogP contribution in [0.25, 0.3) is 0 Å². The van der Waals surface area contributed by atoms with Crippen molar-refractivity contribution >= 4 is 28.8 Å². The Morgan fingerprint density at radius 1 is 1.41 bits per heavy atom. The number of aliphatic hydroxyl groups is 1. The molecule has 5 nitrogen and oxygen atoms in total.